The second kappa shape index (κ2) is 4.97. The number of amides is 1. The van der Waals surface area contributed by atoms with E-state index in [1.165, 1.54) is 0 Å². The van der Waals surface area contributed by atoms with Crippen LogP contribution in [0.3, 0.4) is 0 Å². The van der Waals surface area contributed by atoms with E-state index in [-0.39, 0.29) is 22.8 Å². The van der Waals surface area contributed by atoms with E-state index in [0.717, 1.165) is 19.5 Å². The van der Waals surface area contributed by atoms with Gasteiger partial charge >= 0.3 is 0 Å². The molecule has 1 aliphatic rings. The third-order valence-electron chi connectivity index (χ3n) is 2.91. The Morgan fingerprint density at radius 2 is 1.82 bits per heavy atom. The second-order valence-corrected chi connectivity index (χ2v) is 7.26. The van der Waals surface area contributed by atoms with E-state index in [2.05, 4.69) is 20.8 Å². The SMILES string of the molecule is CC(C)(C)C[C@H]1CN(C(=O)C(C)(C)C)CCO1. The molecule has 1 fully saturated rings. The Bertz CT molecular complexity index is 273. The molecule has 17 heavy (non-hydrogen) atoms. The van der Waals surface area contributed by atoms with Gasteiger partial charge in [-0.3, -0.25) is 4.79 Å². The van der Waals surface area contributed by atoms with Crippen molar-refractivity contribution in [3.63, 3.8) is 0 Å². The van der Waals surface area contributed by atoms with Gasteiger partial charge in [-0.2, -0.15) is 0 Å². The average molecular weight is 241 g/mol. The number of hydrogen-bond acceptors (Lipinski definition) is 2. The molecule has 0 aromatic heterocycles. The maximum atomic E-state index is 12.2. The Labute approximate surface area is 106 Å². The summed E-state index contributed by atoms with van der Waals surface area (Å²) in [5.74, 6) is 0.236. The van der Waals surface area contributed by atoms with Gasteiger partial charge in [0.15, 0.2) is 0 Å². The highest BCUT2D eigenvalue weighted by Crippen LogP contribution is 2.26. The first-order valence-electron chi connectivity index (χ1n) is 6.50. The molecule has 1 rings (SSSR count). The third kappa shape index (κ3) is 4.66. The largest absolute Gasteiger partial charge is 0.375 e. The molecule has 100 valence electrons. The lowest BCUT2D eigenvalue weighted by Crippen LogP contribution is -2.50. The Hall–Kier alpha value is -0.570. The number of ether oxygens (including phenoxy) is 1. The van der Waals surface area contributed by atoms with E-state index in [0.29, 0.717) is 6.61 Å². The van der Waals surface area contributed by atoms with Crippen molar-refractivity contribution < 1.29 is 9.53 Å². The van der Waals surface area contributed by atoms with Crippen LogP contribution in [0.5, 0.6) is 0 Å². The van der Waals surface area contributed by atoms with Crippen LogP contribution in [0.1, 0.15) is 48.0 Å². The van der Waals surface area contributed by atoms with E-state index in [1.807, 2.05) is 25.7 Å². The van der Waals surface area contributed by atoms with Crippen molar-refractivity contribution in [3.05, 3.63) is 0 Å². The number of rotatable bonds is 1. The molecule has 0 spiro atoms. The molecule has 3 nitrogen and oxygen atoms in total. The summed E-state index contributed by atoms with van der Waals surface area (Å²) in [7, 11) is 0. The minimum Gasteiger partial charge on any atom is -0.375 e. The lowest BCUT2D eigenvalue weighted by atomic mass is 9.88. The second-order valence-electron chi connectivity index (χ2n) is 7.26. The van der Waals surface area contributed by atoms with E-state index < -0.39 is 0 Å². The predicted octanol–water partition coefficient (Wildman–Crippen LogP) is 2.70. The lowest BCUT2D eigenvalue weighted by molar-refractivity contribution is -0.148. The number of nitrogens with zero attached hydrogens (tertiary/aromatic N) is 1. The molecule has 1 aliphatic heterocycles. The van der Waals surface area contributed by atoms with Gasteiger partial charge in [-0.25, -0.2) is 0 Å². The van der Waals surface area contributed by atoms with Gasteiger partial charge in [0, 0.05) is 18.5 Å². The summed E-state index contributed by atoms with van der Waals surface area (Å²) in [6.45, 7) is 14.7. The molecular formula is C14H27NO2. The van der Waals surface area contributed by atoms with Gasteiger partial charge in [-0.15, -0.1) is 0 Å². The van der Waals surface area contributed by atoms with Gasteiger partial charge in [0.25, 0.3) is 0 Å². The smallest absolute Gasteiger partial charge is 0.228 e. The topological polar surface area (TPSA) is 29.5 Å². The van der Waals surface area contributed by atoms with Crippen LogP contribution >= 0.6 is 0 Å². The zero-order valence-electron chi connectivity index (χ0n) is 12.2. The Morgan fingerprint density at radius 3 is 2.29 bits per heavy atom. The molecule has 0 bridgehead atoms. The summed E-state index contributed by atoms with van der Waals surface area (Å²) in [5, 5.41) is 0. The van der Waals surface area contributed by atoms with Crippen LogP contribution in [0.2, 0.25) is 0 Å². The van der Waals surface area contributed by atoms with Gasteiger partial charge < -0.3 is 9.64 Å². The first-order valence-corrected chi connectivity index (χ1v) is 6.50. The third-order valence-corrected chi connectivity index (χ3v) is 2.91. The van der Waals surface area contributed by atoms with Gasteiger partial charge in [-0.1, -0.05) is 41.5 Å². The zero-order valence-corrected chi connectivity index (χ0v) is 12.2. The molecule has 0 radical (unpaired) electrons. The Kier molecular flexibility index (Phi) is 4.23. The molecule has 0 unspecified atom stereocenters. The van der Waals surface area contributed by atoms with Crippen LogP contribution in [0.4, 0.5) is 0 Å². The van der Waals surface area contributed by atoms with Crippen LogP contribution in [0, 0.1) is 10.8 Å². The minimum atomic E-state index is -0.288. The summed E-state index contributed by atoms with van der Waals surface area (Å²) < 4.78 is 5.75. The van der Waals surface area contributed by atoms with Crippen molar-refractivity contribution in [1.29, 1.82) is 0 Å². The predicted molar refractivity (Wildman–Crippen MR) is 69.8 cm³/mol. The molecule has 0 aromatic carbocycles. The van der Waals surface area contributed by atoms with Gasteiger partial charge in [0.05, 0.1) is 12.7 Å². The summed E-state index contributed by atoms with van der Waals surface area (Å²) in [6, 6.07) is 0. The van der Waals surface area contributed by atoms with E-state index in [9.17, 15) is 4.79 Å². The maximum absolute atomic E-state index is 12.2. The molecule has 1 amide bonds. The number of carbonyl (C=O) groups excluding carboxylic acids is 1. The monoisotopic (exact) mass is 241 g/mol. The fourth-order valence-electron chi connectivity index (χ4n) is 2.18. The van der Waals surface area contributed by atoms with Crippen molar-refractivity contribution in [2.24, 2.45) is 10.8 Å². The van der Waals surface area contributed by atoms with Gasteiger partial charge in [-0.05, 0) is 11.8 Å². The number of carbonyl (C=O) groups is 1. The summed E-state index contributed by atoms with van der Waals surface area (Å²) in [4.78, 5) is 14.2. The van der Waals surface area contributed by atoms with Crippen LogP contribution in [0.25, 0.3) is 0 Å². The molecular weight excluding hydrogens is 214 g/mol. The van der Waals surface area contributed by atoms with Gasteiger partial charge in [0.1, 0.15) is 0 Å². The molecule has 1 heterocycles. The van der Waals surface area contributed by atoms with Crippen LogP contribution in [0.15, 0.2) is 0 Å². The Morgan fingerprint density at radius 1 is 1.24 bits per heavy atom. The molecule has 1 atom stereocenters. The highest BCUT2D eigenvalue weighted by Gasteiger charge is 2.32. The first-order chi connectivity index (χ1) is 7.59. The minimum absolute atomic E-state index is 0.190. The molecule has 1 saturated heterocycles. The number of morpholine rings is 1. The standard InChI is InChI=1S/C14H27NO2/c1-13(2,3)9-11-10-15(7-8-17-11)12(16)14(4,5)6/h11H,7-10H2,1-6H3/t11-/m0/s1. The zero-order chi connectivity index (χ0) is 13.3. The van der Waals surface area contributed by atoms with E-state index in [1.54, 1.807) is 0 Å². The van der Waals surface area contributed by atoms with E-state index in [4.69, 9.17) is 4.74 Å². The average Bonchev–Trinajstić information content (AvgIpc) is 2.12. The van der Waals surface area contributed by atoms with Gasteiger partial charge in [0.2, 0.25) is 5.91 Å². The molecule has 0 N–H and O–H groups in total. The van der Waals surface area contributed by atoms with Crippen LogP contribution < -0.4 is 0 Å². The van der Waals surface area contributed by atoms with Crippen molar-refractivity contribution in [1.82, 2.24) is 4.90 Å². The van der Waals surface area contributed by atoms with Crippen molar-refractivity contribution in [2.45, 2.75) is 54.1 Å². The fourth-order valence-corrected chi connectivity index (χ4v) is 2.18. The Balaban J connectivity index is 2.58. The van der Waals surface area contributed by atoms with Crippen LogP contribution in [-0.4, -0.2) is 36.6 Å². The summed E-state index contributed by atoms with van der Waals surface area (Å²) in [5.41, 5.74) is -0.0396. The quantitative estimate of drug-likeness (QED) is 0.706. The van der Waals surface area contributed by atoms with Crippen molar-refractivity contribution >= 4 is 5.91 Å². The van der Waals surface area contributed by atoms with E-state index >= 15 is 0 Å². The fraction of sp³-hybridized carbons (Fsp3) is 0.929. The van der Waals surface area contributed by atoms with Crippen molar-refractivity contribution in [3.8, 4) is 0 Å². The molecule has 0 aliphatic carbocycles. The highest BCUT2D eigenvalue weighted by atomic mass is 16.5. The summed E-state index contributed by atoms with van der Waals surface area (Å²) >= 11 is 0. The molecule has 0 saturated carbocycles. The normalized spacial score (nSPS) is 22.7. The molecule has 0 aromatic rings. The molecule has 3 heteroatoms. The first kappa shape index (κ1) is 14.5. The van der Waals surface area contributed by atoms with Crippen molar-refractivity contribution in [2.75, 3.05) is 19.7 Å². The van der Waals surface area contributed by atoms with Crippen LogP contribution in [-0.2, 0) is 9.53 Å². The summed E-state index contributed by atoms with van der Waals surface area (Å²) in [6.07, 6.45) is 1.19. The highest BCUT2D eigenvalue weighted by molar-refractivity contribution is 5.81. The lowest BCUT2D eigenvalue weighted by Gasteiger charge is -2.38. The maximum Gasteiger partial charge on any atom is 0.228 e. The number of hydrogen-bond donors (Lipinski definition) is 0.